The molecule has 6 heteroatoms. The van der Waals surface area contributed by atoms with Gasteiger partial charge in [0, 0.05) is 18.0 Å². The number of hydrogen-bond donors (Lipinski definition) is 1. The molecular formula is C14H20N2O2S2. The number of thiophene rings is 1. The van der Waals surface area contributed by atoms with Gasteiger partial charge in [0.15, 0.2) is 5.11 Å². The monoisotopic (exact) mass is 312 g/mol. The van der Waals surface area contributed by atoms with Gasteiger partial charge in [-0.2, -0.15) is 0 Å². The second-order valence-corrected chi connectivity index (χ2v) is 6.86. The first-order valence-electron chi connectivity index (χ1n) is 6.76. The number of carbonyl (C=O) groups is 1. The third kappa shape index (κ3) is 3.49. The van der Waals surface area contributed by atoms with Crippen LogP contribution in [0.5, 0.6) is 0 Å². The largest absolute Gasteiger partial charge is 0.465 e. The van der Waals surface area contributed by atoms with Crippen molar-refractivity contribution in [3.8, 4) is 0 Å². The number of thiocarbonyl (C=S) groups is 1. The van der Waals surface area contributed by atoms with Crippen LogP contribution >= 0.6 is 23.6 Å². The Kier molecular flexibility index (Phi) is 4.99. The van der Waals surface area contributed by atoms with E-state index in [0.717, 1.165) is 29.4 Å². The van der Waals surface area contributed by atoms with E-state index in [9.17, 15) is 4.79 Å². The first kappa shape index (κ1) is 15.3. The highest BCUT2D eigenvalue weighted by Gasteiger charge is 2.21. The van der Waals surface area contributed by atoms with Gasteiger partial charge < -0.3 is 15.0 Å². The zero-order chi connectivity index (χ0) is 14.7. The summed E-state index contributed by atoms with van der Waals surface area (Å²) >= 11 is 7.00. The van der Waals surface area contributed by atoms with Gasteiger partial charge in [0.1, 0.15) is 5.00 Å². The summed E-state index contributed by atoms with van der Waals surface area (Å²) in [5.74, 6) is 0.334. The Bertz CT molecular complexity index is 513. The molecule has 0 aromatic carbocycles. The summed E-state index contributed by atoms with van der Waals surface area (Å²) in [5, 5.41) is 4.69. The molecule has 2 heterocycles. The lowest BCUT2D eigenvalue weighted by atomic mass is 10.0. The number of rotatable bonds is 2. The maximum Gasteiger partial charge on any atom is 0.340 e. The number of aryl methyl sites for hydroxylation is 1. The minimum Gasteiger partial charge on any atom is -0.465 e. The Morgan fingerprint density at radius 2 is 2.35 bits per heavy atom. The van der Waals surface area contributed by atoms with Crippen molar-refractivity contribution in [2.24, 2.45) is 5.92 Å². The summed E-state index contributed by atoms with van der Waals surface area (Å²) in [5.41, 5.74) is 0.558. The van der Waals surface area contributed by atoms with E-state index in [2.05, 4.69) is 17.1 Å². The number of methoxy groups -OCH3 is 1. The average Bonchev–Trinajstić information content (AvgIpc) is 2.78. The average molecular weight is 312 g/mol. The molecule has 0 amide bonds. The maximum atomic E-state index is 11.7. The van der Waals surface area contributed by atoms with Crippen molar-refractivity contribution in [2.45, 2.75) is 26.7 Å². The van der Waals surface area contributed by atoms with Crippen LogP contribution in [0.1, 0.15) is 35.0 Å². The first-order chi connectivity index (χ1) is 9.51. The second kappa shape index (κ2) is 6.54. The molecule has 0 bridgehead atoms. The van der Waals surface area contributed by atoms with Crippen LogP contribution in [0, 0.1) is 12.8 Å². The van der Waals surface area contributed by atoms with Gasteiger partial charge in [0.05, 0.1) is 12.7 Å². The van der Waals surface area contributed by atoms with Gasteiger partial charge in [0.2, 0.25) is 0 Å². The Labute approximate surface area is 129 Å². The molecule has 0 saturated carbocycles. The van der Waals surface area contributed by atoms with E-state index in [1.165, 1.54) is 24.9 Å². The zero-order valence-corrected chi connectivity index (χ0v) is 13.7. The molecule has 1 N–H and O–H groups in total. The lowest BCUT2D eigenvalue weighted by molar-refractivity contribution is 0.0602. The molecule has 0 aliphatic carbocycles. The molecule has 1 aromatic rings. The number of carbonyl (C=O) groups excluding carboxylic acids is 1. The summed E-state index contributed by atoms with van der Waals surface area (Å²) in [6.07, 6.45) is 2.42. The van der Waals surface area contributed by atoms with Gasteiger partial charge in [-0.1, -0.05) is 6.92 Å². The Hall–Kier alpha value is -1.14. The normalized spacial score (nSPS) is 18.8. The summed E-state index contributed by atoms with van der Waals surface area (Å²) in [6, 6.07) is 1.83. The number of anilines is 1. The van der Waals surface area contributed by atoms with Crippen molar-refractivity contribution < 1.29 is 9.53 Å². The van der Waals surface area contributed by atoms with E-state index in [4.69, 9.17) is 17.0 Å². The molecular weight excluding hydrogens is 292 g/mol. The first-order valence-corrected chi connectivity index (χ1v) is 7.98. The van der Waals surface area contributed by atoms with Crippen molar-refractivity contribution in [3.05, 3.63) is 16.5 Å². The van der Waals surface area contributed by atoms with E-state index in [0.29, 0.717) is 16.6 Å². The van der Waals surface area contributed by atoms with Crippen molar-refractivity contribution in [1.82, 2.24) is 4.90 Å². The van der Waals surface area contributed by atoms with Crippen LogP contribution in [0.25, 0.3) is 0 Å². The molecule has 1 saturated heterocycles. The number of nitrogens with zero attached hydrogens (tertiary/aromatic N) is 1. The van der Waals surface area contributed by atoms with E-state index in [1.807, 2.05) is 13.0 Å². The fourth-order valence-electron chi connectivity index (χ4n) is 2.42. The van der Waals surface area contributed by atoms with Gasteiger partial charge in [-0.05, 0) is 44.0 Å². The van der Waals surface area contributed by atoms with E-state index >= 15 is 0 Å². The van der Waals surface area contributed by atoms with Gasteiger partial charge in [-0.25, -0.2) is 4.79 Å². The molecule has 0 spiro atoms. The lowest BCUT2D eigenvalue weighted by Gasteiger charge is -2.32. The van der Waals surface area contributed by atoms with Crippen molar-refractivity contribution in [3.63, 3.8) is 0 Å². The van der Waals surface area contributed by atoms with Gasteiger partial charge >= 0.3 is 5.97 Å². The molecule has 1 fully saturated rings. The van der Waals surface area contributed by atoms with Gasteiger partial charge in [-0.15, -0.1) is 11.3 Å². The molecule has 20 heavy (non-hydrogen) atoms. The lowest BCUT2D eigenvalue weighted by Crippen LogP contribution is -2.41. The third-order valence-electron chi connectivity index (χ3n) is 3.43. The van der Waals surface area contributed by atoms with Gasteiger partial charge in [-0.3, -0.25) is 0 Å². The van der Waals surface area contributed by atoms with Crippen LogP contribution in [0.2, 0.25) is 0 Å². The van der Waals surface area contributed by atoms with Crippen molar-refractivity contribution in [1.29, 1.82) is 0 Å². The van der Waals surface area contributed by atoms with E-state index in [1.54, 1.807) is 0 Å². The Morgan fingerprint density at radius 3 is 3.00 bits per heavy atom. The SMILES string of the molecule is COC(=O)c1cc(C)sc1NC(=S)N1CCC[C@H](C)C1. The smallest absolute Gasteiger partial charge is 0.340 e. The van der Waals surface area contributed by atoms with Crippen LogP contribution < -0.4 is 5.32 Å². The molecule has 1 aromatic heterocycles. The Balaban J connectivity index is 2.09. The van der Waals surface area contributed by atoms with Crippen LogP contribution in [0.3, 0.4) is 0 Å². The molecule has 4 nitrogen and oxygen atoms in total. The number of nitrogens with one attached hydrogen (secondary N) is 1. The molecule has 1 aliphatic heterocycles. The fourth-order valence-corrected chi connectivity index (χ4v) is 3.65. The van der Waals surface area contributed by atoms with Crippen molar-refractivity contribution >= 4 is 39.6 Å². The number of esters is 1. The number of piperidine rings is 1. The van der Waals surface area contributed by atoms with Crippen molar-refractivity contribution in [2.75, 3.05) is 25.5 Å². The standard InChI is InChI=1S/C14H20N2O2S2/c1-9-5-4-6-16(8-9)14(19)15-12-11(13(17)18-3)7-10(2)20-12/h7,9H,4-6,8H2,1-3H3,(H,15,19)/t9-/m0/s1. The predicted molar refractivity (Wildman–Crippen MR) is 86.6 cm³/mol. The molecule has 2 rings (SSSR count). The summed E-state index contributed by atoms with van der Waals surface area (Å²) in [6.45, 7) is 6.16. The number of hydrogen-bond acceptors (Lipinski definition) is 4. The molecule has 1 aliphatic rings. The second-order valence-electron chi connectivity index (χ2n) is 5.21. The number of ether oxygens (including phenoxy) is 1. The molecule has 1 atom stereocenters. The number of likely N-dealkylation sites (tertiary alicyclic amines) is 1. The summed E-state index contributed by atoms with van der Waals surface area (Å²) in [4.78, 5) is 15.0. The molecule has 110 valence electrons. The molecule has 0 unspecified atom stereocenters. The Morgan fingerprint density at radius 1 is 1.60 bits per heavy atom. The highest BCUT2D eigenvalue weighted by atomic mass is 32.1. The minimum absolute atomic E-state index is 0.327. The third-order valence-corrected chi connectivity index (χ3v) is 4.75. The maximum absolute atomic E-state index is 11.7. The summed E-state index contributed by atoms with van der Waals surface area (Å²) in [7, 11) is 1.39. The van der Waals surface area contributed by atoms with Crippen LogP contribution in [0.4, 0.5) is 5.00 Å². The highest BCUT2D eigenvalue weighted by Crippen LogP contribution is 2.29. The predicted octanol–water partition coefficient (Wildman–Crippen LogP) is 3.27. The fraction of sp³-hybridized carbons (Fsp3) is 0.571. The zero-order valence-electron chi connectivity index (χ0n) is 12.1. The van der Waals surface area contributed by atoms with Crippen LogP contribution in [-0.4, -0.2) is 36.2 Å². The topological polar surface area (TPSA) is 41.6 Å². The summed E-state index contributed by atoms with van der Waals surface area (Å²) < 4.78 is 4.81. The highest BCUT2D eigenvalue weighted by molar-refractivity contribution is 7.80. The molecule has 0 radical (unpaired) electrons. The van der Waals surface area contributed by atoms with E-state index in [-0.39, 0.29) is 5.97 Å². The van der Waals surface area contributed by atoms with Crippen LogP contribution in [-0.2, 0) is 4.74 Å². The van der Waals surface area contributed by atoms with E-state index < -0.39 is 0 Å². The quantitative estimate of drug-likeness (QED) is 0.670. The van der Waals surface area contributed by atoms with Gasteiger partial charge in [0.25, 0.3) is 0 Å². The van der Waals surface area contributed by atoms with Crippen LogP contribution in [0.15, 0.2) is 6.07 Å². The minimum atomic E-state index is -0.327.